The molecule has 1 N–H and O–H groups in total. The zero-order chi connectivity index (χ0) is 13.9. The number of halogens is 1. The molecule has 0 bridgehead atoms. The van der Waals surface area contributed by atoms with Gasteiger partial charge in [-0.1, -0.05) is 29.3 Å². The molecule has 2 unspecified atom stereocenters. The Hall–Kier alpha value is -0.680. The van der Waals surface area contributed by atoms with E-state index in [1.807, 2.05) is 6.92 Å². The monoisotopic (exact) mass is 328 g/mol. The van der Waals surface area contributed by atoms with Crippen molar-refractivity contribution in [3.63, 3.8) is 0 Å². The van der Waals surface area contributed by atoms with Crippen LogP contribution >= 0.6 is 15.9 Å². The summed E-state index contributed by atoms with van der Waals surface area (Å²) in [5.74, 6) is 1.29. The molecule has 1 heterocycles. The van der Waals surface area contributed by atoms with Crippen LogP contribution in [0.3, 0.4) is 0 Å². The molecule has 4 nitrogen and oxygen atoms in total. The van der Waals surface area contributed by atoms with Gasteiger partial charge in [0.2, 0.25) is 0 Å². The van der Waals surface area contributed by atoms with Gasteiger partial charge in [0.25, 0.3) is 5.56 Å². The molecule has 2 rings (SSSR count). The number of rotatable bonds is 4. The standard InChI is InChI=1S/C14H21BrN2O2/c1-3-19-14(6-4-5-10(2)7-14)13-16-9-11(8-15)12(18)17-13/h9-10H,3-8H2,1-2H3,(H,16,17,18). The van der Waals surface area contributed by atoms with Gasteiger partial charge in [-0.05, 0) is 32.1 Å². The van der Waals surface area contributed by atoms with Gasteiger partial charge in [-0.3, -0.25) is 4.79 Å². The maximum Gasteiger partial charge on any atom is 0.254 e. The lowest BCUT2D eigenvalue weighted by Crippen LogP contribution is -2.38. The Balaban J connectivity index is 2.38. The summed E-state index contributed by atoms with van der Waals surface area (Å²) in [4.78, 5) is 19.3. The molecule has 0 radical (unpaired) electrons. The summed E-state index contributed by atoms with van der Waals surface area (Å²) in [6, 6.07) is 0. The summed E-state index contributed by atoms with van der Waals surface area (Å²) in [7, 11) is 0. The van der Waals surface area contributed by atoms with Crippen LogP contribution in [-0.2, 0) is 15.7 Å². The Kier molecular flexibility index (Phi) is 4.79. The fraction of sp³-hybridized carbons (Fsp3) is 0.714. The predicted octanol–water partition coefficient (Wildman–Crippen LogP) is 3.11. The largest absolute Gasteiger partial charge is 0.367 e. The van der Waals surface area contributed by atoms with Gasteiger partial charge in [-0.15, -0.1) is 0 Å². The number of alkyl halides is 1. The van der Waals surface area contributed by atoms with Crippen molar-refractivity contribution in [2.24, 2.45) is 5.92 Å². The van der Waals surface area contributed by atoms with Crippen molar-refractivity contribution < 1.29 is 4.74 Å². The first-order chi connectivity index (χ1) is 9.11. The molecule has 0 aliphatic heterocycles. The molecule has 0 spiro atoms. The molecule has 5 heteroatoms. The molecule has 106 valence electrons. The highest BCUT2D eigenvalue weighted by molar-refractivity contribution is 9.08. The van der Waals surface area contributed by atoms with Gasteiger partial charge >= 0.3 is 0 Å². The minimum Gasteiger partial charge on any atom is -0.367 e. The molecule has 0 amide bonds. The number of nitrogens with zero attached hydrogens (tertiary/aromatic N) is 1. The third kappa shape index (κ3) is 3.08. The summed E-state index contributed by atoms with van der Waals surface area (Å²) in [5.41, 5.74) is 0.176. The Bertz CT molecular complexity index is 485. The number of aromatic amines is 1. The van der Waals surface area contributed by atoms with Crippen LogP contribution in [0.4, 0.5) is 0 Å². The van der Waals surface area contributed by atoms with Gasteiger partial charge in [0.1, 0.15) is 11.4 Å². The van der Waals surface area contributed by atoms with Gasteiger partial charge in [0.15, 0.2) is 0 Å². The summed E-state index contributed by atoms with van der Waals surface area (Å²) >= 11 is 3.29. The molecule has 1 aromatic heterocycles. The van der Waals surface area contributed by atoms with Crippen LogP contribution in [0.15, 0.2) is 11.0 Å². The lowest BCUT2D eigenvalue weighted by atomic mass is 9.78. The molecule has 0 saturated heterocycles. The average Bonchev–Trinajstić information content (AvgIpc) is 2.39. The van der Waals surface area contributed by atoms with Crippen LogP contribution in [0.5, 0.6) is 0 Å². The van der Waals surface area contributed by atoms with E-state index in [1.165, 1.54) is 6.42 Å². The number of nitrogens with one attached hydrogen (secondary N) is 1. The van der Waals surface area contributed by atoms with Crippen molar-refractivity contribution in [3.8, 4) is 0 Å². The van der Waals surface area contributed by atoms with E-state index < -0.39 is 5.60 Å². The normalized spacial score (nSPS) is 27.4. The predicted molar refractivity (Wildman–Crippen MR) is 78.4 cm³/mol. The Morgan fingerprint density at radius 1 is 1.63 bits per heavy atom. The highest BCUT2D eigenvalue weighted by atomic mass is 79.9. The molecule has 1 aliphatic carbocycles. The SMILES string of the molecule is CCOC1(c2ncc(CBr)c(=O)[nH]2)CCCC(C)C1. The first-order valence-corrected chi connectivity index (χ1v) is 8.02. The van der Waals surface area contributed by atoms with Crippen molar-refractivity contribution in [1.29, 1.82) is 0 Å². The molecule has 1 fully saturated rings. The second kappa shape index (κ2) is 6.18. The van der Waals surface area contributed by atoms with E-state index in [9.17, 15) is 4.79 Å². The van der Waals surface area contributed by atoms with Crippen molar-refractivity contribution in [1.82, 2.24) is 9.97 Å². The highest BCUT2D eigenvalue weighted by Gasteiger charge is 2.39. The van der Waals surface area contributed by atoms with Crippen LogP contribution in [0.25, 0.3) is 0 Å². The highest BCUT2D eigenvalue weighted by Crippen LogP contribution is 2.41. The van der Waals surface area contributed by atoms with Gasteiger partial charge in [0.05, 0.1) is 0 Å². The second-order valence-electron chi connectivity index (χ2n) is 5.35. The molecular formula is C14H21BrN2O2. The minimum atomic E-state index is -0.406. The molecule has 19 heavy (non-hydrogen) atoms. The fourth-order valence-electron chi connectivity index (χ4n) is 2.94. The lowest BCUT2D eigenvalue weighted by molar-refractivity contribution is -0.0882. The third-order valence-electron chi connectivity index (χ3n) is 3.82. The number of hydrogen-bond donors (Lipinski definition) is 1. The Morgan fingerprint density at radius 2 is 2.42 bits per heavy atom. The van der Waals surface area contributed by atoms with Crippen molar-refractivity contribution >= 4 is 15.9 Å². The fourth-order valence-corrected chi connectivity index (χ4v) is 3.34. The lowest BCUT2D eigenvalue weighted by Gasteiger charge is -2.38. The number of aromatic nitrogens is 2. The third-order valence-corrected chi connectivity index (χ3v) is 4.43. The van der Waals surface area contributed by atoms with Gasteiger partial charge < -0.3 is 9.72 Å². The van der Waals surface area contributed by atoms with Gasteiger partial charge in [0, 0.05) is 23.7 Å². The first kappa shape index (κ1) is 14.7. The summed E-state index contributed by atoms with van der Waals surface area (Å²) in [6.07, 6.45) is 5.85. The van der Waals surface area contributed by atoms with E-state index in [4.69, 9.17) is 4.74 Å². The van der Waals surface area contributed by atoms with Crippen LogP contribution in [0, 0.1) is 5.92 Å². The molecule has 0 aromatic carbocycles. The smallest absolute Gasteiger partial charge is 0.254 e. The Labute approximate surface area is 122 Å². The maximum atomic E-state index is 12.0. The zero-order valence-electron chi connectivity index (χ0n) is 11.5. The summed E-state index contributed by atoms with van der Waals surface area (Å²) in [5, 5.41) is 0.521. The number of ether oxygens (including phenoxy) is 1. The van der Waals surface area contributed by atoms with E-state index in [1.54, 1.807) is 6.20 Å². The molecular weight excluding hydrogens is 308 g/mol. The maximum absolute atomic E-state index is 12.0. The number of H-pyrrole nitrogens is 1. The molecule has 1 aliphatic rings. The van der Waals surface area contributed by atoms with Crippen LogP contribution in [0.1, 0.15) is 50.9 Å². The van der Waals surface area contributed by atoms with Crippen molar-refractivity contribution in [2.75, 3.05) is 6.61 Å². The average molecular weight is 329 g/mol. The van der Waals surface area contributed by atoms with E-state index in [0.29, 0.717) is 29.2 Å². The van der Waals surface area contributed by atoms with Crippen molar-refractivity contribution in [2.45, 2.75) is 50.5 Å². The van der Waals surface area contributed by atoms with Gasteiger partial charge in [-0.25, -0.2) is 4.98 Å². The van der Waals surface area contributed by atoms with E-state index in [-0.39, 0.29) is 5.56 Å². The van der Waals surface area contributed by atoms with Crippen LogP contribution in [-0.4, -0.2) is 16.6 Å². The minimum absolute atomic E-state index is 0.0702. The quantitative estimate of drug-likeness (QED) is 0.864. The van der Waals surface area contributed by atoms with Gasteiger partial charge in [-0.2, -0.15) is 0 Å². The van der Waals surface area contributed by atoms with E-state index >= 15 is 0 Å². The second-order valence-corrected chi connectivity index (χ2v) is 5.91. The molecule has 1 saturated carbocycles. The van der Waals surface area contributed by atoms with E-state index in [2.05, 4.69) is 32.8 Å². The summed E-state index contributed by atoms with van der Waals surface area (Å²) < 4.78 is 6.01. The van der Waals surface area contributed by atoms with Crippen molar-refractivity contribution in [3.05, 3.63) is 27.9 Å². The Morgan fingerprint density at radius 3 is 3.00 bits per heavy atom. The van der Waals surface area contributed by atoms with Crippen LogP contribution in [0.2, 0.25) is 0 Å². The summed E-state index contributed by atoms with van der Waals surface area (Å²) in [6.45, 7) is 4.86. The zero-order valence-corrected chi connectivity index (χ0v) is 13.1. The topological polar surface area (TPSA) is 55.0 Å². The van der Waals surface area contributed by atoms with E-state index in [0.717, 1.165) is 19.3 Å². The van der Waals surface area contributed by atoms with Crippen LogP contribution < -0.4 is 5.56 Å². The number of hydrogen-bond acceptors (Lipinski definition) is 3. The molecule has 1 aromatic rings. The molecule has 2 atom stereocenters. The first-order valence-electron chi connectivity index (χ1n) is 6.90.